The molecule has 6 heteroatoms. The Hall–Kier alpha value is -2.03. The SMILES string of the molecule is O=C1CN(C(=O)c2ccc(C#CCCO)c(Cl)c2)CCN1. The van der Waals surface area contributed by atoms with E-state index >= 15 is 0 Å². The molecule has 0 bridgehead atoms. The number of halogens is 1. The third kappa shape index (κ3) is 3.97. The topological polar surface area (TPSA) is 69.6 Å². The molecule has 1 aliphatic heterocycles. The minimum absolute atomic E-state index is 0.00177. The Labute approximate surface area is 127 Å². The van der Waals surface area contributed by atoms with Crippen molar-refractivity contribution < 1.29 is 14.7 Å². The fourth-order valence-electron chi connectivity index (χ4n) is 1.96. The molecule has 2 amide bonds. The Bertz CT molecular complexity index is 619. The molecule has 0 saturated carbocycles. The first-order valence-electron chi connectivity index (χ1n) is 6.57. The van der Waals surface area contributed by atoms with Gasteiger partial charge in [0, 0.05) is 30.6 Å². The number of benzene rings is 1. The second-order valence-corrected chi connectivity index (χ2v) is 4.95. The van der Waals surface area contributed by atoms with Crippen LogP contribution in [0.2, 0.25) is 5.02 Å². The molecular weight excluding hydrogens is 292 g/mol. The number of carbonyl (C=O) groups excluding carboxylic acids is 2. The number of nitrogens with one attached hydrogen (secondary N) is 1. The highest BCUT2D eigenvalue weighted by Gasteiger charge is 2.22. The number of amides is 2. The number of hydrogen-bond acceptors (Lipinski definition) is 3. The minimum Gasteiger partial charge on any atom is -0.395 e. The van der Waals surface area contributed by atoms with Gasteiger partial charge in [0.25, 0.3) is 5.91 Å². The van der Waals surface area contributed by atoms with Crippen LogP contribution < -0.4 is 5.32 Å². The maximum atomic E-state index is 12.3. The predicted molar refractivity (Wildman–Crippen MR) is 78.9 cm³/mol. The second kappa shape index (κ2) is 7.11. The van der Waals surface area contributed by atoms with Crippen LogP contribution in [0.25, 0.3) is 0 Å². The summed E-state index contributed by atoms with van der Waals surface area (Å²) in [5.74, 6) is 5.23. The smallest absolute Gasteiger partial charge is 0.254 e. The van der Waals surface area contributed by atoms with Crippen molar-refractivity contribution in [1.29, 1.82) is 0 Å². The van der Waals surface area contributed by atoms with E-state index < -0.39 is 0 Å². The number of rotatable bonds is 2. The quantitative estimate of drug-likeness (QED) is 0.788. The molecule has 2 rings (SSSR count). The van der Waals surface area contributed by atoms with Gasteiger partial charge in [0.2, 0.25) is 5.91 Å². The van der Waals surface area contributed by atoms with Crippen LogP contribution in [0.5, 0.6) is 0 Å². The Morgan fingerprint density at radius 2 is 2.29 bits per heavy atom. The fourth-order valence-corrected chi connectivity index (χ4v) is 2.19. The molecule has 1 aromatic rings. The summed E-state index contributed by atoms with van der Waals surface area (Å²) >= 11 is 6.10. The molecule has 1 saturated heterocycles. The Kier molecular flexibility index (Phi) is 5.20. The molecule has 1 heterocycles. The highest BCUT2D eigenvalue weighted by molar-refractivity contribution is 6.32. The van der Waals surface area contributed by atoms with Gasteiger partial charge < -0.3 is 15.3 Å². The van der Waals surface area contributed by atoms with Crippen molar-refractivity contribution in [3.63, 3.8) is 0 Å². The number of piperazine rings is 1. The van der Waals surface area contributed by atoms with Gasteiger partial charge in [0.05, 0.1) is 18.2 Å². The van der Waals surface area contributed by atoms with Gasteiger partial charge in [-0.05, 0) is 18.2 Å². The standard InChI is InChI=1S/C15H15ClN2O3/c16-13-9-12(5-4-11(13)3-1-2-8-19)15(21)18-7-6-17-14(20)10-18/h4-5,9,19H,2,6-8,10H2,(H,17,20). The number of aliphatic hydroxyl groups excluding tert-OH is 1. The molecule has 0 atom stereocenters. The van der Waals surface area contributed by atoms with Crippen molar-refractivity contribution in [1.82, 2.24) is 10.2 Å². The summed E-state index contributed by atoms with van der Waals surface area (Å²) < 4.78 is 0. The highest BCUT2D eigenvalue weighted by Crippen LogP contribution is 2.18. The van der Waals surface area contributed by atoms with Crippen LogP contribution in [0.15, 0.2) is 18.2 Å². The number of hydrogen-bond donors (Lipinski definition) is 2. The van der Waals surface area contributed by atoms with E-state index in [4.69, 9.17) is 16.7 Å². The summed E-state index contributed by atoms with van der Waals surface area (Å²) in [6, 6.07) is 4.87. The van der Waals surface area contributed by atoms with Gasteiger partial charge in [0.1, 0.15) is 0 Å². The lowest BCUT2D eigenvalue weighted by atomic mass is 10.1. The molecule has 1 aromatic carbocycles. The van der Waals surface area contributed by atoms with Gasteiger partial charge in [-0.25, -0.2) is 0 Å². The molecule has 2 N–H and O–H groups in total. The molecular formula is C15H15ClN2O3. The van der Waals surface area contributed by atoms with Crippen LogP contribution in [0.3, 0.4) is 0 Å². The van der Waals surface area contributed by atoms with Crippen LogP contribution in [-0.4, -0.2) is 48.1 Å². The van der Waals surface area contributed by atoms with Crippen LogP contribution in [0, 0.1) is 11.8 Å². The summed E-state index contributed by atoms with van der Waals surface area (Å²) in [7, 11) is 0. The van der Waals surface area contributed by atoms with Gasteiger partial charge in [-0.3, -0.25) is 9.59 Å². The minimum atomic E-state index is -0.221. The fraction of sp³-hybridized carbons (Fsp3) is 0.333. The first-order valence-corrected chi connectivity index (χ1v) is 6.95. The largest absolute Gasteiger partial charge is 0.395 e. The molecule has 1 fully saturated rings. The summed E-state index contributed by atoms with van der Waals surface area (Å²) in [6.45, 7) is 1.01. The molecule has 110 valence electrons. The molecule has 5 nitrogen and oxygen atoms in total. The summed E-state index contributed by atoms with van der Waals surface area (Å²) in [5, 5.41) is 11.7. The van der Waals surface area contributed by atoms with E-state index in [9.17, 15) is 9.59 Å². The lowest BCUT2D eigenvalue weighted by molar-refractivity contribution is -0.123. The number of carbonyl (C=O) groups is 2. The van der Waals surface area contributed by atoms with Crippen LogP contribution in [0.4, 0.5) is 0 Å². The van der Waals surface area contributed by atoms with Gasteiger partial charge in [0.15, 0.2) is 0 Å². The van der Waals surface area contributed by atoms with Crippen LogP contribution >= 0.6 is 11.6 Å². The first kappa shape index (κ1) is 15.4. The van der Waals surface area contributed by atoms with E-state index in [1.807, 2.05) is 0 Å². The first-order chi connectivity index (χ1) is 10.1. The van der Waals surface area contributed by atoms with E-state index in [-0.39, 0.29) is 25.0 Å². The highest BCUT2D eigenvalue weighted by atomic mass is 35.5. The lowest BCUT2D eigenvalue weighted by Gasteiger charge is -2.26. The van der Waals surface area contributed by atoms with E-state index in [1.54, 1.807) is 18.2 Å². The molecule has 0 aromatic heterocycles. The molecule has 0 spiro atoms. The van der Waals surface area contributed by atoms with Crippen molar-refractivity contribution in [2.24, 2.45) is 0 Å². The summed E-state index contributed by atoms with van der Waals surface area (Å²) in [6.07, 6.45) is 0.375. The average Bonchev–Trinajstić information content (AvgIpc) is 2.48. The molecule has 0 aliphatic carbocycles. The zero-order chi connectivity index (χ0) is 15.2. The molecule has 0 radical (unpaired) electrons. The zero-order valence-corrected chi connectivity index (χ0v) is 12.1. The number of aliphatic hydroxyl groups is 1. The van der Waals surface area contributed by atoms with Gasteiger partial charge in [-0.1, -0.05) is 23.4 Å². The predicted octanol–water partition coefficient (Wildman–Crippen LogP) is 0.646. The Balaban J connectivity index is 2.14. The van der Waals surface area contributed by atoms with Gasteiger partial charge in [-0.15, -0.1) is 0 Å². The Morgan fingerprint density at radius 1 is 1.48 bits per heavy atom. The maximum Gasteiger partial charge on any atom is 0.254 e. The zero-order valence-electron chi connectivity index (χ0n) is 11.4. The van der Waals surface area contributed by atoms with E-state index in [0.717, 1.165) is 0 Å². The van der Waals surface area contributed by atoms with E-state index in [0.29, 0.717) is 35.7 Å². The Morgan fingerprint density at radius 3 is 2.95 bits per heavy atom. The van der Waals surface area contributed by atoms with E-state index in [2.05, 4.69) is 17.2 Å². The number of nitrogens with zero attached hydrogens (tertiary/aromatic N) is 1. The van der Waals surface area contributed by atoms with Crippen LogP contribution in [-0.2, 0) is 4.79 Å². The molecule has 0 unspecified atom stereocenters. The average molecular weight is 307 g/mol. The van der Waals surface area contributed by atoms with Crippen molar-refractivity contribution in [3.8, 4) is 11.8 Å². The van der Waals surface area contributed by atoms with Gasteiger partial charge in [-0.2, -0.15) is 0 Å². The van der Waals surface area contributed by atoms with Gasteiger partial charge >= 0.3 is 0 Å². The molecule has 21 heavy (non-hydrogen) atoms. The van der Waals surface area contributed by atoms with Crippen molar-refractivity contribution in [2.45, 2.75) is 6.42 Å². The maximum absolute atomic E-state index is 12.3. The molecule has 1 aliphatic rings. The van der Waals surface area contributed by atoms with Crippen LogP contribution in [0.1, 0.15) is 22.3 Å². The van der Waals surface area contributed by atoms with Crippen molar-refractivity contribution >= 4 is 23.4 Å². The lowest BCUT2D eigenvalue weighted by Crippen LogP contribution is -2.49. The normalized spacial score (nSPS) is 14.2. The second-order valence-electron chi connectivity index (χ2n) is 4.55. The van der Waals surface area contributed by atoms with Crippen molar-refractivity contribution in [3.05, 3.63) is 34.3 Å². The third-order valence-corrected chi connectivity index (χ3v) is 3.31. The summed E-state index contributed by atoms with van der Waals surface area (Å²) in [4.78, 5) is 25.1. The van der Waals surface area contributed by atoms with E-state index in [1.165, 1.54) is 4.90 Å². The summed E-state index contributed by atoms with van der Waals surface area (Å²) in [5.41, 5.74) is 1.04. The monoisotopic (exact) mass is 306 g/mol. The third-order valence-electron chi connectivity index (χ3n) is 3.00. The van der Waals surface area contributed by atoms with Crippen molar-refractivity contribution in [2.75, 3.05) is 26.2 Å².